The number of aryl methyl sites for hydroxylation is 1. The van der Waals surface area contributed by atoms with Gasteiger partial charge in [0.25, 0.3) is 0 Å². The number of benzene rings is 1. The highest BCUT2D eigenvalue weighted by Gasteiger charge is 2.18. The maximum absolute atomic E-state index is 12.0. The van der Waals surface area contributed by atoms with E-state index in [1.165, 1.54) is 12.1 Å². The molecule has 19 heavy (non-hydrogen) atoms. The molecule has 0 spiro atoms. The fraction of sp³-hybridized carbons (Fsp3) is 0.417. The van der Waals surface area contributed by atoms with Crippen molar-refractivity contribution in [1.29, 1.82) is 0 Å². The van der Waals surface area contributed by atoms with E-state index in [2.05, 4.69) is 4.72 Å². The van der Waals surface area contributed by atoms with Gasteiger partial charge in [0.2, 0.25) is 10.0 Å². The summed E-state index contributed by atoms with van der Waals surface area (Å²) in [5, 5.41) is 17.9. The molecule has 0 aliphatic rings. The average Bonchev–Trinajstić information content (AvgIpc) is 2.28. The third-order valence-electron chi connectivity index (χ3n) is 2.58. The number of aromatic carboxylic acids is 1. The van der Waals surface area contributed by atoms with Crippen LogP contribution >= 0.6 is 0 Å². The lowest BCUT2D eigenvalue weighted by Gasteiger charge is -2.10. The highest BCUT2D eigenvalue weighted by atomic mass is 32.2. The molecule has 0 heterocycles. The first-order valence-electron chi connectivity index (χ1n) is 5.75. The molecule has 1 aromatic carbocycles. The number of nitrogens with one attached hydrogen (secondary N) is 1. The summed E-state index contributed by atoms with van der Waals surface area (Å²) in [7, 11) is -3.77. The fourth-order valence-corrected chi connectivity index (χ4v) is 2.82. The zero-order chi connectivity index (χ0) is 14.6. The van der Waals surface area contributed by atoms with Crippen LogP contribution in [-0.2, 0) is 10.0 Å². The summed E-state index contributed by atoms with van der Waals surface area (Å²) in [5.41, 5.74) is 0.385. The van der Waals surface area contributed by atoms with Gasteiger partial charge in [-0.05, 0) is 38.0 Å². The van der Waals surface area contributed by atoms with E-state index in [1.807, 2.05) is 0 Å². The summed E-state index contributed by atoms with van der Waals surface area (Å²) >= 11 is 0. The first-order chi connectivity index (χ1) is 8.74. The molecule has 0 fully saturated rings. The summed E-state index contributed by atoms with van der Waals surface area (Å²) in [6, 6.07) is 3.93. The monoisotopic (exact) mass is 287 g/mol. The van der Waals surface area contributed by atoms with Crippen LogP contribution in [0.25, 0.3) is 0 Å². The molecule has 1 atom stereocenters. The van der Waals surface area contributed by atoms with E-state index >= 15 is 0 Å². The normalized spacial score (nSPS) is 13.2. The number of carbonyl (C=O) groups is 1. The van der Waals surface area contributed by atoms with Gasteiger partial charge < -0.3 is 10.2 Å². The lowest BCUT2D eigenvalue weighted by Crippen LogP contribution is -2.27. The summed E-state index contributed by atoms with van der Waals surface area (Å²) in [6.45, 7) is 3.25. The van der Waals surface area contributed by atoms with Crippen molar-refractivity contribution >= 4 is 16.0 Å². The van der Waals surface area contributed by atoms with Crippen molar-refractivity contribution in [3.63, 3.8) is 0 Å². The molecule has 0 bridgehead atoms. The minimum absolute atomic E-state index is 0.0574. The Balaban J connectivity index is 3.00. The van der Waals surface area contributed by atoms with Crippen molar-refractivity contribution in [2.45, 2.75) is 31.3 Å². The largest absolute Gasteiger partial charge is 0.478 e. The van der Waals surface area contributed by atoms with Gasteiger partial charge in [0.05, 0.1) is 16.6 Å². The van der Waals surface area contributed by atoms with Crippen molar-refractivity contribution in [2.24, 2.45) is 0 Å². The molecule has 1 unspecified atom stereocenters. The SMILES string of the molecule is Cc1ccc(C(=O)O)cc1S(=O)(=O)NCCC(C)O. The van der Waals surface area contributed by atoms with Crippen LogP contribution in [0, 0.1) is 6.92 Å². The van der Waals surface area contributed by atoms with Gasteiger partial charge in [-0.3, -0.25) is 0 Å². The van der Waals surface area contributed by atoms with Crippen molar-refractivity contribution in [1.82, 2.24) is 4.72 Å². The van der Waals surface area contributed by atoms with Crippen LogP contribution in [0.3, 0.4) is 0 Å². The minimum Gasteiger partial charge on any atom is -0.478 e. The maximum Gasteiger partial charge on any atom is 0.335 e. The van der Waals surface area contributed by atoms with Crippen LogP contribution in [0.5, 0.6) is 0 Å². The molecule has 3 N–H and O–H groups in total. The molecule has 106 valence electrons. The van der Waals surface area contributed by atoms with Crippen molar-refractivity contribution in [2.75, 3.05) is 6.54 Å². The second kappa shape index (κ2) is 6.14. The highest BCUT2D eigenvalue weighted by molar-refractivity contribution is 7.89. The predicted octanol–water partition coefficient (Wildman–Crippen LogP) is 0.742. The molecule has 0 aliphatic heterocycles. The Labute approximate surface area is 112 Å². The molecule has 0 amide bonds. The zero-order valence-corrected chi connectivity index (χ0v) is 11.6. The Morgan fingerprint density at radius 2 is 2.05 bits per heavy atom. The number of rotatable bonds is 6. The van der Waals surface area contributed by atoms with Crippen LogP contribution in [0.4, 0.5) is 0 Å². The Kier molecular flexibility index (Phi) is 5.04. The summed E-state index contributed by atoms with van der Waals surface area (Å²) < 4.78 is 26.4. The number of carboxylic acid groups (broad SMARTS) is 1. The lowest BCUT2D eigenvalue weighted by molar-refractivity contribution is 0.0696. The van der Waals surface area contributed by atoms with Gasteiger partial charge in [-0.15, -0.1) is 0 Å². The molecule has 1 aromatic rings. The minimum atomic E-state index is -3.77. The Morgan fingerprint density at radius 3 is 2.58 bits per heavy atom. The van der Waals surface area contributed by atoms with Gasteiger partial charge in [0.1, 0.15) is 0 Å². The molecule has 0 saturated heterocycles. The zero-order valence-electron chi connectivity index (χ0n) is 10.8. The van der Waals surface area contributed by atoms with E-state index in [0.717, 1.165) is 6.07 Å². The van der Waals surface area contributed by atoms with Crippen LogP contribution < -0.4 is 4.72 Å². The van der Waals surface area contributed by atoms with E-state index in [9.17, 15) is 13.2 Å². The van der Waals surface area contributed by atoms with Gasteiger partial charge in [0, 0.05) is 6.54 Å². The molecule has 1 rings (SSSR count). The topological polar surface area (TPSA) is 104 Å². The Morgan fingerprint density at radius 1 is 1.42 bits per heavy atom. The lowest BCUT2D eigenvalue weighted by atomic mass is 10.1. The first kappa shape index (κ1) is 15.6. The van der Waals surface area contributed by atoms with E-state index in [4.69, 9.17) is 10.2 Å². The summed E-state index contributed by atoms with van der Waals surface area (Å²) in [5.74, 6) is -1.18. The number of sulfonamides is 1. The first-order valence-corrected chi connectivity index (χ1v) is 7.24. The van der Waals surface area contributed by atoms with Crippen LogP contribution in [0.15, 0.2) is 23.1 Å². The molecule has 0 aliphatic carbocycles. The number of hydrogen-bond donors (Lipinski definition) is 3. The molecule has 0 saturated carbocycles. The third kappa shape index (κ3) is 4.30. The van der Waals surface area contributed by atoms with Crippen molar-refractivity contribution < 1.29 is 23.4 Å². The average molecular weight is 287 g/mol. The van der Waals surface area contributed by atoms with Crippen LogP contribution in [0.1, 0.15) is 29.3 Å². The van der Waals surface area contributed by atoms with Crippen LogP contribution in [-0.4, -0.2) is 37.2 Å². The number of hydrogen-bond acceptors (Lipinski definition) is 4. The van der Waals surface area contributed by atoms with E-state index in [-0.39, 0.29) is 23.4 Å². The second-order valence-electron chi connectivity index (χ2n) is 4.32. The molecule has 7 heteroatoms. The number of aliphatic hydroxyl groups excluding tert-OH is 1. The second-order valence-corrected chi connectivity index (χ2v) is 6.06. The van der Waals surface area contributed by atoms with E-state index < -0.39 is 22.1 Å². The predicted molar refractivity (Wildman–Crippen MR) is 69.6 cm³/mol. The van der Waals surface area contributed by atoms with Crippen molar-refractivity contribution in [3.8, 4) is 0 Å². The van der Waals surface area contributed by atoms with Crippen molar-refractivity contribution in [3.05, 3.63) is 29.3 Å². The molecule has 0 radical (unpaired) electrons. The molecular formula is C12H17NO5S. The Bertz CT molecular complexity index is 565. The van der Waals surface area contributed by atoms with Gasteiger partial charge >= 0.3 is 5.97 Å². The molecular weight excluding hydrogens is 270 g/mol. The number of aliphatic hydroxyl groups is 1. The molecule has 0 aromatic heterocycles. The summed E-state index contributed by atoms with van der Waals surface area (Å²) in [4.78, 5) is 10.8. The van der Waals surface area contributed by atoms with Gasteiger partial charge in [-0.1, -0.05) is 6.07 Å². The maximum atomic E-state index is 12.0. The molecule has 6 nitrogen and oxygen atoms in total. The highest BCUT2D eigenvalue weighted by Crippen LogP contribution is 2.17. The standard InChI is InChI=1S/C12H17NO5S/c1-8-3-4-10(12(15)16)7-11(8)19(17,18)13-6-5-9(2)14/h3-4,7,9,13-14H,5-6H2,1-2H3,(H,15,16). The van der Waals surface area contributed by atoms with Gasteiger partial charge in [-0.2, -0.15) is 0 Å². The Hall–Kier alpha value is -1.44. The number of carboxylic acids is 1. The smallest absolute Gasteiger partial charge is 0.335 e. The fourth-order valence-electron chi connectivity index (χ4n) is 1.50. The third-order valence-corrected chi connectivity index (χ3v) is 4.18. The van der Waals surface area contributed by atoms with Gasteiger partial charge in [0.15, 0.2) is 0 Å². The van der Waals surface area contributed by atoms with E-state index in [1.54, 1.807) is 13.8 Å². The van der Waals surface area contributed by atoms with E-state index in [0.29, 0.717) is 5.56 Å². The van der Waals surface area contributed by atoms with Gasteiger partial charge in [-0.25, -0.2) is 17.9 Å². The van der Waals surface area contributed by atoms with Crippen LogP contribution in [0.2, 0.25) is 0 Å². The summed E-state index contributed by atoms with van der Waals surface area (Å²) in [6.07, 6.45) is -0.314. The quantitative estimate of drug-likeness (QED) is 0.716.